The standard InChI is InChI=1S/C17H20FNO/c1-12-4-6-14(7-5-12)11-19(3)17-9-8-15(13(2)20)10-16(17)18/h4-10,13,20H,11H2,1-3H3/t13-/m0/s1. The van der Waals surface area contributed by atoms with Crippen LogP contribution in [0.25, 0.3) is 0 Å². The highest BCUT2D eigenvalue weighted by Crippen LogP contribution is 2.23. The quantitative estimate of drug-likeness (QED) is 0.915. The zero-order valence-electron chi connectivity index (χ0n) is 12.1. The van der Waals surface area contributed by atoms with Crippen LogP contribution in [0.4, 0.5) is 10.1 Å². The molecule has 106 valence electrons. The summed E-state index contributed by atoms with van der Waals surface area (Å²) in [7, 11) is 1.86. The lowest BCUT2D eigenvalue weighted by Gasteiger charge is -2.21. The molecule has 20 heavy (non-hydrogen) atoms. The van der Waals surface area contributed by atoms with E-state index >= 15 is 0 Å². The summed E-state index contributed by atoms with van der Waals surface area (Å²) >= 11 is 0. The third-order valence-electron chi connectivity index (χ3n) is 3.41. The third kappa shape index (κ3) is 3.36. The molecule has 0 radical (unpaired) electrons. The van der Waals surface area contributed by atoms with E-state index in [1.165, 1.54) is 11.6 Å². The van der Waals surface area contributed by atoms with Gasteiger partial charge in [-0.25, -0.2) is 4.39 Å². The van der Waals surface area contributed by atoms with Crippen LogP contribution in [0.2, 0.25) is 0 Å². The van der Waals surface area contributed by atoms with Crippen molar-refractivity contribution in [3.05, 3.63) is 65.0 Å². The van der Waals surface area contributed by atoms with Gasteiger partial charge in [0.2, 0.25) is 0 Å². The molecule has 0 heterocycles. The van der Waals surface area contributed by atoms with Gasteiger partial charge in [0.15, 0.2) is 0 Å². The van der Waals surface area contributed by atoms with Crippen molar-refractivity contribution in [2.24, 2.45) is 0 Å². The summed E-state index contributed by atoms with van der Waals surface area (Å²) < 4.78 is 14.1. The first kappa shape index (κ1) is 14.5. The lowest BCUT2D eigenvalue weighted by atomic mass is 10.1. The van der Waals surface area contributed by atoms with Crippen molar-refractivity contribution in [3.63, 3.8) is 0 Å². The van der Waals surface area contributed by atoms with Crippen molar-refractivity contribution >= 4 is 5.69 Å². The second-order valence-corrected chi connectivity index (χ2v) is 5.23. The van der Waals surface area contributed by atoms with Gasteiger partial charge in [-0.3, -0.25) is 0 Å². The number of nitrogens with zero attached hydrogens (tertiary/aromatic N) is 1. The van der Waals surface area contributed by atoms with Gasteiger partial charge in [0.05, 0.1) is 11.8 Å². The Labute approximate surface area is 119 Å². The molecule has 0 aliphatic heterocycles. The Kier molecular flexibility index (Phi) is 4.40. The predicted octanol–water partition coefficient (Wildman–Crippen LogP) is 3.82. The largest absolute Gasteiger partial charge is 0.389 e. The van der Waals surface area contributed by atoms with Crippen LogP contribution in [0.3, 0.4) is 0 Å². The van der Waals surface area contributed by atoms with Gasteiger partial charge in [0, 0.05) is 13.6 Å². The van der Waals surface area contributed by atoms with Crippen LogP contribution in [0, 0.1) is 12.7 Å². The molecular weight excluding hydrogens is 253 g/mol. The minimum Gasteiger partial charge on any atom is -0.389 e. The average molecular weight is 273 g/mol. The van der Waals surface area contributed by atoms with Gasteiger partial charge in [0.25, 0.3) is 0 Å². The molecule has 2 aromatic carbocycles. The van der Waals surface area contributed by atoms with E-state index in [9.17, 15) is 9.50 Å². The molecule has 0 bridgehead atoms. The number of aryl methyl sites for hydroxylation is 1. The van der Waals surface area contributed by atoms with Gasteiger partial charge in [0.1, 0.15) is 5.82 Å². The summed E-state index contributed by atoms with van der Waals surface area (Å²) in [6, 6.07) is 13.1. The minimum atomic E-state index is -0.652. The molecule has 0 aromatic heterocycles. The fraction of sp³-hybridized carbons (Fsp3) is 0.294. The van der Waals surface area contributed by atoms with E-state index in [0.29, 0.717) is 17.8 Å². The lowest BCUT2D eigenvalue weighted by molar-refractivity contribution is 0.199. The highest BCUT2D eigenvalue weighted by Gasteiger charge is 2.10. The average Bonchev–Trinajstić information content (AvgIpc) is 2.41. The van der Waals surface area contributed by atoms with Crippen LogP contribution >= 0.6 is 0 Å². The summed E-state index contributed by atoms with van der Waals surface area (Å²) in [5.41, 5.74) is 3.48. The van der Waals surface area contributed by atoms with E-state index in [0.717, 1.165) is 5.56 Å². The molecular formula is C17H20FNO. The molecule has 1 atom stereocenters. The van der Waals surface area contributed by atoms with E-state index in [1.807, 2.05) is 31.0 Å². The fourth-order valence-corrected chi connectivity index (χ4v) is 2.15. The topological polar surface area (TPSA) is 23.5 Å². The number of aliphatic hydroxyl groups excluding tert-OH is 1. The molecule has 0 aliphatic rings. The Bertz CT molecular complexity index is 578. The number of halogens is 1. The molecule has 0 aliphatic carbocycles. The van der Waals surface area contributed by atoms with Gasteiger partial charge in [-0.2, -0.15) is 0 Å². The Morgan fingerprint density at radius 3 is 2.35 bits per heavy atom. The highest BCUT2D eigenvalue weighted by molar-refractivity contribution is 5.49. The van der Waals surface area contributed by atoms with Crippen LogP contribution in [0.15, 0.2) is 42.5 Å². The maximum absolute atomic E-state index is 14.1. The van der Waals surface area contributed by atoms with Crippen LogP contribution in [-0.4, -0.2) is 12.2 Å². The molecule has 0 saturated carbocycles. The molecule has 0 fully saturated rings. The SMILES string of the molecule is Cc1ccc(CN(C)c2ccc([C@H](C)O)cc2F)cc1. The first-order chi connectivity index (χ1) is 9.47. The molecule has 2 rings (SSSR count). The highest BCUT2D eigenvalue weighted by atomic mass is 19.1. The van der Waals surface area contributed by atoms with E-state index < -0.39 is 6.10 Å². The molecule has 0 unspecified atom stereocenters. The molecule has 3 heteroatoms. The van der Waals surface area contributed by atoms with Crippen molar-refractivity contribution in [3.8, 4) is 0 Å². The Hall–Kier alpha value is -1.87. The zero-order chi connectivity index (χ0) is 14.7. The summed E-state index contributed by atoms with van der Waals surface area (Å²) in [4.78, 5) is 1.87. The van der Waals surface area contributed by atoms with Crippen LogP contribution in [-0.2, 0) is 6.54 Å². The first-order valence-corrected chi connectivity index (χ1v) is 6.71. The van der Waals surface area contributed by atoms with Crippen molar-refractivity contribution in [1.82, 2.24) is 0 Å². The minimum absolute atomic E-state index is 0.307. The van der Waals surface area contributed by atoms with Crippen LogP contribution in [0.1, 0.15) is 29.7 Å². The van der Waals surface area contributed by atoms with E-state index in [4.69, 9.17) is 0 Å². The zero-order valence-corrected chi connectivity index (χ0v) is 12.1. The summed E-state index contributed by atoms with van der Waals surface area (Å²) in [5.74, 6) is -0.307. The molecule has 0 amide bonds. The fourth-order valence-electron chi connectivity index (χ4n) is 2.15. The summed E-state index contributed by atoms with van der Waals surface area (Å²) in [5, 5.41) is 9.46. The molecule has 0 spiro atoms. The van der Waals surface area contributed by atoms with Gasteiger partial charge in [-0.05, 0) is 37.1 Å². The summed E-state index contributed by atoms with van der Waals surface area (Å²) in [6.45, 7) is 4.32. The van der Waals surface area contributed by atoms with E-state index in [2.05, 4.69) is 12.1 Å². The Morgan fingerprint density at radius 1 is 1.15 bits per heavy atom. The monoisotopic (exact) mass is 273 g/mol. The second-order valence-electron chi connectivity index (χ2n) is 5.23. The number of hydrogen-bond acceptors (Lipinski definition) is 2. The predicted molar refractivity (Wildman–Crippen MR) is 80.3 cm³/mol. The Morgan fingerprint density at radius 2 is 1.80 bits per heavy atom. The normalized spacial score (nSPS) is 12.2. The molecule has 0 saturated heterocycles. The van der Waals surface area contributed by atoms with Gasteiger partial charge < -0.3 is 10.0 Å². The van der Waals surface area contributed by atoms with E-state index in [-0.39, 0.29) is 5.82 Å². The van der Waals surface area contributed by atoms with Crippen molar-refractivity contribution in [2.75, 3.05) is 11.9 Å². The lowest BCUT2D eigenvalue weighted by Crippen LogP contribution is -2.17. The van der Waals surface area contributed by atoms with Gasteiger partial charge in [-0.15, -0.1) is 0 Å². The van der Waals surface area contributed by atoms with E-state index in [1.54, 1.807) is 19.1 Å². The Balaban J connectivity index is 2.16. The number of hydrogen-bond donors (Lipinski definition) is 1. The first-order valence-electron chi connectivity index (χ1n) is 6.71. The smallest absolute Gasteiger partial charge is 0.146 e. The molecule has 2 aromatic rings. The number of rotatable bonds is 4. The van der Waals surface area contributed by atoms with Crippen molar-refractivity contribution < 1.29 is 9.50 Å². The van der Waals surface area contributed by atoms with Gasteiger partial charge >= 0.3 is 0 Å². The summed E-state index contributed by atoms with van der Waals surface area (Å²) in [6.07, 6.45) is -0.652. The molecule has 1 N–H and O–H groups in total. The third-order valence-corrected chi connectivity index (χ3v) is 3.41. The maximum atomic E-state index is 14.1. The van der Waals surface area contributed by atoms with Gasteiger partial charge in [-0.1, -0.05) is 35.9 Å². The number of benzene rings is 2. The molecule has 2 nitrogen and oxygen atoms in total. The number of aliphatic hydroxyl groups is 1. The van der Waals surface area contributed by atoms with Crippen LogP contribution in [0.5, 0.6) is 0 Å². The van der Waals surface area contributed by atoms with Crippen molar-refractivity contribution in [1.29, 1.82) is 0 Å². The number of anilines is 1. The second kappa shape index (κ2) is 6.06. The maximum Gasteiger partial charge on any atom is 0.146 e. The van der Waals surface area contributed by atoms with Crippen molar-refractivity contribution in [2.45, 2.75) is 26.5 Å². The van der Waals surface area contributed by atoms with Crippen LogP contribution < -0.4 is 4.90 Å².